The van der Waals surface area contributed by atoms with Crippen LogP contribution in [-0.2, 0) is 16.0 Å². The minimum atomic E-state index is -0.338. The number of hydrogen-bond acceptors (Lipinski definition) is 5. The molecule has 0 aliphatic rings. The standard InChI is InChI=1S/C26H24Br2O5/c1-15(2)18-13-23(19(14-22(18)31-3)25(30)17-8-6-5-7-9-17)33-26-20(27)10-16(11-21(26)28)12-24(29)32-4/h5-11,13-15H,12H2,1-4H3. The van der Waals surface area contributed by atoms with Gasteiger partial charge in [-0.3, -0.25) is 9.59 Å². The van der Waals surface area contributed by atoms with E-state index in [-0.39, 0.29) is 24.1 Å². The lowest BCUT2D eigenvalue weighted by molar-refractivity contribution is -0.139. The number of benzene rings is 3. The summed E-state index contributed by atoms with van der Waals surface area (Å²) in [6.45, 7) is 4.10. The van der Waals surface area contributed by atoms with Crippen molar-refractivity contribution in [3.63, 3.8) is 0 Å². The molecular formula is C26H24Br2O5. The second-order valence-electron chi connectivity index (χ2n) is 7.68. The number of hydrogen-bond donors (Lipinski definition) is 0. The number of methoxy groups -OCH3 is 2. The fourth-order valence-corrected chi connectivity index (χ4v) is 4.81. The number of carbonyl (C=O) groups is 2. The highest BCUT2D eigenvalue weighted by Gasteiger charge is 2.22. The summed E-state index contributed by atoms with van der Waals surface area (Å²) >= 11 is 7.07. The largest absolute Gasteiger partial charge is 0.496 e. The molecule has 0 bridgehead atoms. The van der Waals surface area contributed by atoms with Crippen LogP contribution in [0.2, 0.25) is 0 Å². The smallest absolute Gasteiger partial charge is 0.309 e. The van der Waals surface area contributed by atoms with Gasteiger partial charge in [0.25, 0.3) is 0 Å². The van der Waals surface area contributed by atoms with Gasteiger partial charge in [0, 0.05) is 11.1 Å². The van der Waals surface area contributed by atoms with Crippen LogP contribution in [0.3, 0.4) is 0 Å². The Hall–Kier alpha value is -2.64. The van der Waals surface area contributed by atoms with Gasteiger partial charge in [-0.25, -0.2) is 0 Å². The molecule has 3 aromatic carbocycles. The molecule has 0 unspecified atom stereocenters. The first-order valence-corrected chi connectivity index (χ1v) is 11.9. The third-order valence-corrected chi connectivity index (χ3v) is 6.26. The highest BCUT2D eigenvalue weighted by Crippen LogP contribution is 2.42. The van der Waals surface area contributed by atoms with E-state index >= 15 is 0 Å². The Kier molecular flexibility index (Phi) is 8.32. The number of carbonyl (C=O) groups excluding carboxylic acids is 2. The van der Waals surface area contributed by atoms with Crippen molar-refractivity contribution in [1.29, 1.82) is 0 Å². The number of halogens is 2. The zero-order valence-corrected chi connectivity index (χ0v) is 21.9. The average Bonchev–Trinajstić information content (AvgIpc) is 2.80. The SMILES string of the molecule is COC(=O)Cc1cc(Br)c(Oc2cc(C(C)C)c(OC)cc2C(=O)c2ccccc2)c(Br)c1. The highest BCUT2D eigenvalue weighted by atomic mass is 79.9. The molecule has 5 nitrogen and oxygen atoms in total. The molecule has 0 aliphatic heterocycles. The number of ketones is 1. The molecule has 3 rings (SSSR count). The number of rotatable bonds is 8. The summed E-state index contributed by atoms with van der Waals surface area (Å²) in [5, 5.41) is 0. The van der Waals surface area contributed by atoms with Crippen LogP contribution >= 0.6 is 31.9 Å². The third-order valence-electron chi connectivity index (χ3n) is 5.08. The van der Waals surface area contributed by atoms with E-state index in [0.717, 1.165) is 11.1 Å². The minimum Gasteiger partial charge on any atom is -0.496 e. The summed E-state index contributed by atoms with van der Waals surface area (Å²) in [6.07, 6.45) is 0.131. The first kappa shape index (κ1) is 25.0. The zero-order chi connectivity index (χ0) is 24.1. The molecular weight excluding hydrogens is 552 g/mol. The van der Waals surface area contributed by atoms with E-state index < -0.39 is 0 Å². The maximum Gasteiger partial charge on any atom is 0.309 e. The Bertz CT molecular complexity index is 1150. The molecule has 172 valence electrons. The predicted molar refractivity (Wildman–Crippen MR) is 135 cm³/mol. The lowest BCUT2D eigenvalue weighted by atomic mass is 9.95. The molecule has 0 N–H and O–H groups in total. The van der Waals surface area contributed by atoms with Gasteiger partial charge in [0.05, 0.1) is 35.1 Å². The Labute approximate surface area is 210 Å². The lowest BCUT2D eigenvalue weighted by Gasteiger charge is -2.19. The van der Waals surface area contributed by atoms with Gasteiger partial charge >= 0.3 is 5.97 Å². The van der Waals surface area contributed by atoms with Crippen LogP contribution in [0, 0.1) is 0 Å². The van der Waals surface area contributed by atoms with Crippen molar-refractivity contribution in [3.05, 3.63) is 85.8 Å². The quantitative estimate of drug-likeness (QED) is 0.212. The molecule has 3 aromatic rings. The van der Waals surface area contributed by atoms with Crippen molar-refractivity contribution in [2.24, 2.45) is 0 Å². The van der Waals surface area contributed by atoms with Crippen molar-refractivity contribution in [3.8, 4) is 17.2 Å². The summed E-state index contributed by atoms with van der Waals surface area (Å²) in [6, 6.07) is 16.2. The first-order valence-electron chi connectivity index (χ1n) is 10.3. The Morgan fingerprint density at radius 2 is 1.55 bits per heavy atom. The summed E-state index contributed by atoms with van der Waals surface area (Å²) in [5.41, 5.74) is 2.62. The van der Waals surface area contributed by atoms with E-state index in [9.17, 15) is 9.59 Å². The van der Waals surface area contributed by atoms with Gasteiger partial charge in [-0.05, 0) is 67.6 Å². The second-order valence-corrected chi connectivity index (χ2v) is 9.39. The highest BCUT2D eigenvalue weighted by molar-refractivity contribution is 9.11. The minimum absolute atomic E-state index is 0.131. The van der Waals surface area contributed by atoms with Crippen molar-refractivity contribution >= 4 is 43.6 Å². The summed E-state index contributed by atoms with van der Waals surface area (Å²) in [5.74, 6) is 1.17. The summed E-state index contributed by atoms with van der Waals surface area (Å²) in [4.78, 5) is 25.0. The van der Waals surface area contributed by atoms with Crippen molar-refractivity contribution in [2.75, 3.05) is 14.2 Å². The monoisotopic (exact) mass is 574 g/mol. The third kappa shape index (κ3) is 5.84. The molecule has 7 heteroatoms. The van der Waals surface area contributed by atoms with Gasteiger partial charge in [0.2, 0.25) is 0 Å². The molecule has 0 aromatic heterocycles. The van der Waals surface area contributed by atoms with Crippen LogP contribution in [0.4, 0.5) is 0 Å². The summed E-state index contributed by atoms with van der Waals surface area (Å²) < 4.78 is 17.9. The van der Waals surface area contributed by atoms with E-state index in [1.54, 1.807) is 37.4 Å². The molecule has 0 saturated carbocycles. The van der Waals surface area contributed by atoms with Crippen molar-refractivity contribution in [1.82, 2.24) is 0 Å². The molecule has 0 atom stereocenters. The maximum absolute atomic E-state index is 13.4. The first-order chi connectivity index (χ1) is 15.7. The van der Waals surface area contributed by atoms with Gasteiger partial charge in [-0.2, -0.15) is 0 Å². The van der Waals surface area contributed by atoms with Crippen LogP contribution < -0.4 is 9.47 Å². The van der Waals surface area contributed by atoms with Crippen LogP contribution in [0.1, 0.15) is 46.8 Å². The normalized spacial score (nSPS) is 10.8. The molecule has 0 amide bonds. The van der Waals surface area contributed by atoms with Crippen LogP contribution in [-0.4, -0.2) is 26.0 Å². The van der Waals surface area contributed by atoms with Gasteiger partial charge < -0.3 is 14.2 Å². The van der Waals surface area contributed by atoms with E-state index in [1.807, 2.05) is 38.1 Å². The predicted octanol–water partition coefficient (Wildman–Crippen LogP) is 7.08. The topological polar surface area (TPSA) is 61.8 Å². The van der Waals surface area contributed by atoms with Crippen LogP contribution in [0.25, 0.3) is 0 Å². The molecule has 33 heavy (non-hydrogen) atoms. The number of esters is 1. The van der Waals surface area contributed by atoms with E-state index in [2.05, 4.69) is 31.9 Å². The van der Waals surface area contributed by atoms with E-state index in [4.69, 9.17) is 14.2 Å². The van der Waals surface area contributed by atoms with Crippen molar-refractivity contribution < 1.29 is 23.8 Å². The zero-order valence-electron chi connectivity index (χ0n) is 18.8. The van der Waals surface area contributed by atoms with Crippen LogP contribution in [0.15, 0.2) is 63.5 Å². The fourth-order valence-electron chi connectivity index (χ4n) is 3.37. The summed E-state index contributed by atoms with van der Waals surface area (Å²) in [7, 11) is 2.94. The van der Waals surface area contributed by atoms with E-state index in [1.165, 1.54) is 7.11 Å². The molecule has 0 heterocycles. The van der Waals surface area contributed by atoms with Gasteiger partial charge in [0.15, 0.2) is 11.5 Å². The fraction of sp³-hybridized carbons (Fsp3) is 0.231. The molecule has 0 spiro atoms. The van der Waals surface area contributed by atoms with Gasteiger partial charge in [-0.1, -0.05) is 44.2 Å². The van der Waals surface area contributed by atoms with Gasteiger partial charge in [0.1, 0.15) is 11.5 Å². The second kappa shape index (κ2) is 11.0. The Balaban J connectivity index is 2.10. The maximum atomic E-state index is 13.4. The van der Waals surface area contributed by atoms with Gasteiger partial charge in [-0.15, -0.1) is 0 Å². The molecule has 0 radical (unpaired) electrons. The molecule has 0 fully saturated rings. The lowest BCUT2D eigenvalue weighted by Crippen LogP contribution is -2.07. The Morgan fingerprint density at radius 1 is 0.909 bits per heavy atom. The van der Waals surface area contributed by atoms with E-state index in [0.29, 0.717) is 37.3 Å². The van der Waals surface area contributed by atoms with Crippen molar-refractivity contribution in [2.45, 2.75) is 26.2 Å². The molecule has 0 aliphatic carbocycles. The molecule has 0 saturated heterocycles. The van der Waals surface area contributed by atoms with Crippen LogP contribution in [0.5, 0.6) is 17.2 Å². The average molecular weight is 576 g/mol. The number of ether oxygens (including phenoxy) is 3. The Morgan fingerprint density at radius 3 is 2.09 bits per heavy atom.